The monoisotopic (exact) mass is 1040 g/mol. The Bertz CT molecular complexity index is 2330. The first kappa shape index (κ1) is 56.0. The number of amides is 3. The molecule has 9 atom stereocenters. The molecule has 3 heterocycles. The third-order valence-electron chi connectivity index (χ3n) is 8.40. The molecule has 0 saturated carbocycles. The van der Waals surface area contributed by atoms with E-state index in [9.17, 15) is 77.2 Å². The van der Waals surface area contributed by atoms with Crippen LogP contribution in [0.1, 0.15) is 58.6 Å². The summed E-state index contributed by atoms with van der Waals surface area (Å²) in [5.41, 5.74) is -1.24. The maximum atomic E-state index is 13.0. The molecule has 0 aromatic carbocycles. The van der Waals surface area contributed by atoms with Crippen molar-refractivity contribution in [3.8, 4) is 0 Å². The van der Waals surface area contributed by atoms with Gasteiger partial charge in [-0.2, -0.15) is 13.6 Å². The average Bonchev–Trinajstić information content (AvgIpc) is 3.75. The van der Waals surface area contributed by atoms with Crippen LogP contribution in [0.2, 0.25) is 0 Å². The second-order valence-corrected chi connectivity index (χ2v) is 20.9. The minimum absolute atomic E-state index is 0.00973. The van der Waals surface area contributed by atoms with Gasteiger partial charge in [-0.15, -0.1) is 0 Å². The minimum atomic E-state index is -5.81. The lowest BCUT2D eigenvalue weighted by Gasteiger charge is -2.22. The van der Waals surface area contributed by atoms with Gasteiger partial charge < -0.3 is 60.1 Å². The van der Waals surface area contributed by atoms with Crippen molar-refractivity contribution in [2.75, 3.05) is 23.4 Å². The van der Waals surface area contributed by atoms with E-state index in [2.05, 4.69) is 44.0 Å². The number of Topliss-reactive ketones (excluding diaryl/α,β-unsaturated/α-hetero) is 1. The first-order chi connectivity index (χ1) is 30.5. The normalized spacial score (nSPS) is 19.9. The van der Waals surface area contributed by atoms with Crippen molar-refractivity contribution in [1.82, 2.24) is 30.2 Å². The van der Waals surface area contributed by atoms with Crippen molar-refractivity contribution in [3.63, 3.8) is 0 Å². The Kier molecular flexibility index (Phi) is 20.9. The molecule has 3 rings (SSSR count). The highest BCUT2D eigenvalue weighted by atomic mass is 33.1. The lowest BCUT2D eigenvalue weighted by Crippen LogP contribution is -2.52. The van der Waals surface area contributed by atoms with Gasteiger partial charge in [0, 0.05) is 31.3 Å². The summed E-state index contributed by atoms with van der Waals surface area (Å²) in [5, 5.41) is 44.8. The molecule has 2 aromatic rings. The quantitative estimate of drug-likeness (QED) is 0.0298. The van der Waals surface area contributed by atoms with Crippen molar-refractivity contribution >= 4 is 104 Å². The molecule has 0 aliphatic carbocycles. The molecular weight excluding hydrogens is 999 g/mol. The Morgan fingerprint density at radius 1 is 0.955 bits per heavy atom. The number of aromatic nitrogens is 4. The SMILES string of the molecule is CC(=O)NC(CCCSSCC(C)OC(=O)Nc1nc2c(ncn2C2CC(O)C(COP(=O)(O)OP(=O)(O)OP(=O)(O)O)O2)c(=O)[nH]1)C(=O)NC(CC(=O)O)C(=O)CC(CC(=O)O)C(=O)O. The van der Waals surface area contributed by atoms with E-state index >= 15 is 0 Å². The first-order valence-corrected chi connectivity index (χ1v) is 25.6. The van der Waals surface area contributed by atoms with Crippen molar-refractivity contribution in [3.05, 3.63) is 16.7 Å². The number of aliphatic hydroxyl groups excluding tert-OH is 1. The zero-order chi connectivity index (χ0) is 49.7. The van der Waals surface area contributed by atoms with Gasteiger partial charge in [-0.1, -0.05) is 21.6 Å². The van der Waals surface area contributed by atoms with E-state index < -0.39 is 145 Å². The van der Waals surface area contributed by atoms with Crippen LogP contribution in [0.4, 0.5) is 10.7 Å². The predicted octanol–water partition coefficient (Wildman–Crippen LogP) is -0.191. The standard InChI is InChI=1S/C30H44N7O24P3S2/c1-13(11-66-65-5-3-4-16(32-14(2)38)26(45)33-17(8-23(43)44)18(39)6-15(28(47)48)7-22(41)42)58-30(49)36-29-34-25-24(27(46)35-29)31-12-37(25)21-9-19(40)20(59-21)10-57-63(53,54)61-64(55,56)60-62(50,51)52/h12-13,15-17,19-21,40H,3-11H2,1-2H3,(H,32,38)(H,33,45)(H,41,42)(H,43,44)(H,47,48)(H,53,54)(H,55,56)(H2,50,51,52)(H2,34,35,36,46,49). The molecule has 31 nitrogen and oxygen atoms in total. The van der Waals surface area contributed by atoms with Crippen LogP contribution in [0.3, 0.4) is 0 Å². The maximum Gasteiger partial charge on any atom is 0.490 e. The predicted molar refractivity (Wildman–Crippen MR) is 221 cm³/mol. The number of rotatable bonds is 28. The number of carbonyl (C=O) groups excluding carboxylic acids is 4. The highest BCUT2D eigenvalue weighted by molar-refractivity contribution is 8.76. The van der Waals surface area contributed by atoms with Gasteiger partial charge in [-0.25, -0.2) is 23.5 Å². The summed E-state index contributed by atoms with van der Waals surface area (Å²) in [4.78, 5) is 144. The van der Waals surface area contributed by atoms with Crippen LogP contribution in [0.25, 0.3) is 11.2 Å². The van der Waals surface area contributed by atoms with E-state index in [1.165, 1.54) is 33.1 Å². The number of anilines is 1. The number of nitrogens with zero attached hydrogens (tertiary/aromatic N) is 3. The number of aliphatic hydroxyl groups is 1. The summed E-state index contributed by atoms with van der Waals surface area (Å²) in [6, 6.07) is -2.96. The Labute approximate surface area is 377 Å². The molecule has 2 aromatic heterocycles. The fraction of sp³-hybridized carbons (Fsp3) is 0.600. The first-order valence-electron chi connectivity index (χ1n) is 18.6. The number of phosphoric ester groups is 1. The number of ketones is 1. The zero-order valence-electron chi connectivity index (χ0n) is 34.1. The number of nitrogens with one attached hydrogen (secondary N) is 4. The summed E-state index contributed by atoms with van der Waals surface area (Å²) in [5.74, 6) is -8.74. The number of hydrogen-bond acceptors (Lipinski definition) is 21. The van der Waals surface area contributed by atoms with Crippen LogP contribution in [0.15, 0.2) is 11.1 Å². The van der Waals surface area contributed by atoms with Crippen LogP contribution < -0.4 is 21.5 Å². The Balaban J connectivity index is 1.50. The fourth-order valence-corrected chi connectivity index (χ4v) is 11.0. The molecule has 66 heavy (non-hydrogen) atoms. The van der Waals surface area contributed by atoms with Crippen LogP contribution in [0, 0.1) is 5.92 Å². The lowest BCUT2D eigenvalue weighted by molar-refractivity contribution is -0.150. The molecule has 1 aliphatic rings. The molecule has 1 fully saturated rings. The lowest BCUT2D eigenvalue weighted by atomic mass is 9.94. The Morgan fingerprint density at radius 3 is 2.23 bits per heavy atom. The minimum Gasteiger partial charge on any atom is -0.481 e. The number of aromatic amines is 1. The van der Waals surface area contributed by atoms with E-state index in [1.54, 1.807) is 0 Å². The van der Waals surface area contributed by atoms with E-state index in [4.69, 9.17) is 24.4 Å². The zero-order valence-corrected chi connectivity index (χ0v) is 38.4. The smallest absolute Gasteiger partial charge is 0.481 e. The van der Waals surface area contributed by atoms with Gasteiger partial charge in [-0.05, 0) is 19.8 Å². The largest absolute Gasteiger partial charge is 0.490 e. The number of ether oxygens (including phenoxy) is 2. The number of carboxylic acid groups (broad SMARTS) is 3. The van der Waals surface area contributed by atoms with Gasteiger partial charge in [0.05, 0.1) is 43.8 Å². The van der Waals surface area contributed by atoms with Gasteiger partial charge in [0.15, 0.2) is 16.9 Å². The maximum absolute atomic E-state index is 13.0. The highest BCUT2D eigenvalue weighted by Gasteiger charge is 2.43. The molecule has 0 radical (unpaired) electrons. The number of phosphoric acid groups is 3. The number of imidazole rings is 1. The molecule has 370 valence electrons. The van der Waals surface area contributed by atoms with Crippen LogP contribution >= 0.6 is 45.1 Å². The molecule has 12 N–H and O–H groups in total. The number of aliphatic carboxylic acids is 3. The van der Waals surface area contributed by atoms with Gasteiger partial charge in [-0.3, -0.25) is 53.0 Å². The number of fused-ring (bicyclic) bond motifs is 1. The molecule has 0 spiro atoms. The van der Waals surface area contributed by atoms with Crippen LogP contribution in [-0.4, -0.2) is 150 Å². The summed E-state index contributed by atoms with van der Waals surface area (Å²) in [6.07, 6.45) is -7.43. The number of carbonyl (C=O) groups is 7. The van der Waals surface area contributed by atoms with E-state index in [0.717, 1.165) is 13.3 Å². The van der Waals surface area contributed by atoms with E-state index in [-0.39, 0.29) is 36.2 Å². The Morgan fingerprint density at radius 2 is 1.62 bits per heavy atom. The Hall–Kier alpha value is -4.33. The number of hydrogen-bond donors (Lipinski definition) is 12. The number of H-pyrrole nitrogens is 1. The van der Waals surface area contributed by atoms with Crippen LogP contribution in [-0.2, 0) is 65.1 Å². The molecule has 1 saturated heterocycles. The van der Waals surface area contributed by atoms with Crippen molar-refractivity contribution in [2.24, 2.45) is 5.92 Å². The fourth-order valence-electron chi connectivity index (χ4n) is 5.64. The topological polar surface area (TPSA) is 478 Å². The van der Waals surface area contributed by atoms with E-state index in [0.29, 0.717) is 5.75 Å². The van der Waals surface area contributed by atoms with Gasteiger partial charge >= 0.3 is 47.5 Å². The average molecular weight is 1040 g/mol. The van der Waals surface area contributed by atoms with Gasteiger partial charge in [0.1, 0.15) is 24.5 Å². The second-order valence-electron chi connectivity index (χ2n) is 13.9. The third-order valence-corrected chi connectivity index (χ3v) is 14.8. The summed E-state index contributed by atoms with van der Waals surface area (Å²) in [7, 11) is -14.5. The molecule has 9 unspecified atom stereocenters. The highest BCUT2D eigenvalue weighted by Crippen LogP contribution is 2.66. The van der Waals surface area contributed by atoms with Crippen LogP contribution in [0.5, 0.6) is 0 Å². The van der Waals surface area contributed by atoms with Gasteiger partial charge in [0.2, 0.25) is 17.8 Å². The number of carboxylic acids is 3. The van der Waals surface area contributed by atoms with Gasteiger partial charge in [0.25, 0.3) is 5.56 Å². The molecule has 0 bridgehead atoms. The molecule has 36 heteroatoms. The van der Waals surface area contributed by atoms with E-state index in [1.807, 2.05) is 0 Å². The molecular formula is C30H44N7O24P3S2. The third kappa shape index (κ3) is 19.1. The summed E-state index contributed by atoms with van der Waals surface area (Å²) >= 11 is 0. The molecule has 3 amide bonds. The summed E-state index contributed by atoms with van der Waals surface area (Å²) < 4.78 is 58.4. The summed E-state index contributed by atoms with van der Waals surface area (Å²) in [6.45, 7) is 1.68. The van der Waals surface area contributed by atoms with Crippen molar-refractivity contribution in [1.29, 1.82) is 0 Å². The van der Waals surface area contributed by atoms with Crippen molar-refractivity contribution in [2.45, 2.75) is 89.0 Å². The molecule has 1 aliphatic heterocycles. The van der Waals surface area contributed by atoms with Crippen molar-refractivity contribution < 1.29 is 110 Å². The second kappa shape index (κ2) is 24.6.